The van der Waals surface area contributed by atoms with E-state index in [-0.39, 0.29) is 23.6 Å². The summed E-state index contributed by atoms with van der Waals surface area (Å²) in [5.74, 6) is -0.480. The predicted molar refractivity (Wildman–Crippen MR) is 94.0 cm³/mol. The Morgan fingerprint density at radius 2 is 1.93 bits per heavy atom. The third kappa shape index (κ3) is 5.13. The van der Waals surface area contributed by atoms with E-state index < -0.39 is 18.7 Å². The molecule has 0 unspecified atom stereocenters. The molecule has 1 N–H and O–H groups in total. The van der Waals surface area contributed by atoms with Gasteiger partial charge >= 0.3 is 6.18 Å². The van der Waals surface area contributed by atoms with Crippen LogP contribution in [0.5, 0.6) is 0 Å². The number of carbonyl (C=O) groups excluding carboxylic acids is 1. The summed E-state index contributed by atoms with van der Waals surface area (Å²) in [6.07, 6.45) is -4.40. The van der Waals surface area contributed by atoms with Gasteiger partial charge in [-0.3, -0.25) is 9.59 Å². The van der Waals surface area contributed by atoms with Gasteiger partial charge in [-0.15, -0.1) is 11.3 Å². The molecule has 0 aliphatic heterocycles. The Bertz CT molecular complexity index is 906. The lowest BCUT2D eigenvalue weighted by molar-refractivity contribution is -0.173. The second-order valence-corrected chi connectivity index (χ2v) is 6.87. The Labute approximate surface area is 157 Å². The van der Waals surface area contributed by atoms with Gasteiger partial charge in [0.05, 0.1) is 23.6 Å². The Morgan fingerprint density at radius 3 is 2.56 bits per heavy atom. The molecule has 0 aliphatic carbocycles. The van der Waals surface area contributed by atoms with Crippen LogP contribution < -0.4 is 10.9 Å². The fourth-order valence-electron chi connectivity index (χ4n) is 2.32. The molecule has 2 rings (SSSR count). The van der Waals surface area contributed by atoms with Crippen LogP contribution in [0, 0.1) is 20.8 Å². The summed E-state index contributed by atoms with van der Waals surface area (Å²) < 4.78 is 41.6. The van der Waals surface area contributed by atoms with Crippen LogP contribution in [-0.2, 0) is 11.8 Å². The minimum atomic E-state index is -4.40. The minimum absolute atomic E-state index is 0.0727. The number of hydrogen-bond acceptors (Lipinski definition) is 6. The highest BCUT2D eigenvalue weighted by Crippen LogP contribution is 2.28. The average Bonchev–Trinajstić information content (AvgIpc) is 2.93. The van der Waals surface area contributed by atoms with Crippen molar-refractivity contribution in [1.82, 2.24) is 20.1 Å². The van der Waals surface area contributed by atoms with Crippen molar-refractivity contribution in [3.63, 3.8) is 0 Å². The Morgan fingerprint density at radius 1 is 1.26 bits per heavy atom. The lowest BCUT2D eigenvalue weighted by Crippen LogP contribution is -2.28. The molecule has 2 aromatic heterocycles. The molecular weight excluding hydrogens is 385 g/mol. The highest BCUT2D eigenvalue weighted by molar-refractivity contribution is 7.17. The first-order chi connectivity index (χ1) is 12.5. The number of thiazole rings is 1. The van der Waals surface area contributed by atoms with E-state index in [9.17, 15) is 22.8 Å². The lowest BCUT2D eigenvalue weighted by Gasteiger charge is -2.08. The molecule has 0 saturated carbocycles. The summed E-state index contributed by atoms with van der Waals surface area (Å²) >= 11 is 1.05. The van der Waals surface area contributed by atoms with E-state index in [1.54, 1.807) is 20.8 Å². The maximum atomic E-state index is 12.4. The van der Waals surface area contributed by atoms with Crippen molar-refractivity contribution in [3.05, 3.63) is 32.2 Å². The van der Waals surface area contributed by atoms with Gasteiger partial charge in [0.25, 0.3) is 11.5 Å². The fourth-order valence-corrected chi connectivity index (χ4v) is 3.40. The summed E-state index contributed by atoms with van der Waals surface area (Å²) in [6.45, 7) is 3.45. The molecule has 0 aliphatic rings. The van der Waals surface area contributed by atoms with E-state index >= 15 is 0 Å². The van der Waals surface area contributed by atoms with Crippen molar-refractivity contribution >= 4 is 17.2 Å². The number of hydrogen-bond donors (Lipinski definition) is 1. The third-order valence-corrected chi connectivity index (χ3v) is 4.91. The smallest absolute Gasteiger partial charge is 0.370 e. The van der Waals surface area contributed by atoms with E-state index in [1.165, 1.54) is 11.7 Å². The second kappa shape index (κ2) is 8.17. The number of aromatic nitrogens is 3. The number of alkyl halides is 3. The molecule has 0 spiro atoms. The summed E-state index contributed by atoms with van der Waals surface area (Å²) in [7, 11) is 1.54. The number of halogens is 3. The van der Waals surface area contributed by atoms with E-state index in [0.29, 0.717) is 27.5 Å². The van der Waals surface area contributed by atoms with Crippen LogP contribution >= 0.6 is 11.3 Å². The number of amides is 1. The van der Waals surface area contributed by atoms with Crippen molar-refractivity contribution in [2.24, 2.45) is 7.05 Å². The maximum absolute atomic E-state index is 12.4. The van der Waals surface area contributed by atoms with Gasteiger partial charge in [0, 0.05) is 13.6 Å². The Kier molecular flexibility index (Phi) is 6.37. The summed E-state index contributed by atoms with van der Waals surface area (Å²) in [4.78, 5) is 29.3. The van der Waals surface area contributed by atoms with Crippen LogP contribution in [0.1, 0.15) is 26.6 Å². The van der Waals surface area contributed by atoms with Gasteiger partial charge in [-0.1, -0.05) is 0 Å². The quantitative estimate of drug-likeness (QED) is 0.746. The van der Waals surface area contributed by atoms with Gasteiger partial charge < -0.3 is 10.1 Å². The third-order valence-electron chi connectivity index (χ3n) is 3.74. The minimum Gasteiger partial charge on any atom is -0.370 e. The number of aryl methyl sites for hydroxylation is 3. The average molecular weight is 404 g/mol. The molecule has 0 radical (unpaired) electrons. The summed E-state index contributed by atoms with van der Waals surface area (Å²) in [6, 6.07) is 0. The molecule has 2 heterocycles. The zero-order valence-electron chi connectivity index (χ0n) is 15.2. The van der Waals surface area contributed by atoms with E-state index in [1.807, 2.05) is 0 Å². The molecule has 27 heavy (non-hydrogen) atoms. The highest BCUT2D eigenvalue weighted by atomic mass is 32.1. The fraction of sp³-hybridized carbons (Fsp3) is 0.500. The van der Waals surface area contributed by atoms with Crippen molar-refractivity contribution in [1.29, 1.82) is 0 Å². The van der Waals surface area contributed by atoms with Gasteiger partial charge in [-0.05, 0) is 26.3 Å². The molecule has 0 atom stereocenters. The first kappa shape index (κ1) is 21.0. The van der Waals surface area contributed by atoms with Crippen molar-refractivity contribution < 1.29 is 22.7 Å². The molecule has 0 fully saturated rings. The van der Waals surface area contributed by atoms with Gasteiger partial charge in [0.1, 0.15) is 16.5 Å². The predicted octanol–water partition coefficient (Wildman–Crippen LogP) is 2.14. The normalized spacial score (nSPS) is 11.7. The van der Waals surface area contributed by atoms with Crippen molar-refractivity contribution in [2.75, 3.05) is 19.8 Å². The Hall–Kier alpha value is -2.27. The topological polar surface area (TPSA) is 86.1 Å². The monoisotopic (exact) mass is 404 g/mol. The molecule has 1 amide bonds. The van der Waals surface area contributed by atoms with Gasteiger partial charge in [0.2, 0.25) is 0 Å². The number of nitrogens with one attached hydrogen (secondary N) is 1. The second-order valence-electron chi connectivity index (χ2n) is 5.87. The first-order valence-electron chi connectivity index (χ1n) is 7.96. The van der Waals surface area contributed by atoms with Gasteiger partial charge in [-0.25, -0.2) is 9.67 Å². The molecular formula is C16H19F3N4O3S. The standard InChI is InChI=1S/C16H19F3N4O3S/c1-8-9(2)22-23(4)15(25)11(8)14-21-10(3)12(27-14)13(24)20-5-6-26-7-16(17,18)19/h5-7H2,1-4H3,(H,20,24). The molecule has 7 nitrogen and oxygen atoms in total. The number of carbonyl (C=O) groups is 1. The number of ether oxygens (including phenoxy) is 1. The van der Waals surface area contributed by atoms with E-state index in [0.717, 1.165) is 11.3 Å². The number of nitrogens with zero attached hydrogens (tertiary/aromatic N) is 3. The Balaban J connectivity index is 2.13. The maximum Gasteiger partial charge on any atom is 0.411 e. The van der Waals surface area contributed by atoms with Crippen LogP contribution in [-0.4, -0.2) is 46.6 Å². The molecule has 2 aromatic rings. The summed E-state index contributed by atoms with van der Waals surface area (Å²) in [5, 5.41) is 6.99. The van der Waals surface area contributed by atoms with Crippen molar-refractivity contribution in [3.8, 4) is 10.6 Å². The van der Waals surface area contributed by atoms with Crippen LogP contribution in [0.4, 0.5) is 13.2 Å². The van der Waals surface area contributed by atoms with Gasteiger partial charge in [-0.2, -0.15) is 18.3 Å². The van der Waals surface area contributed by atoms with E-state index in [2.05, 4.69) is 20.1 Å². The number of rotatable bonds is 6. The molecule has 0 saturated heterocycles. The van der Waals surface area contributed by atoms with Crippen LogP contribution in [0.15, 0.2) is 4.79 Å². The SMILES string of the molecule is Cc1nc(-c2c(C)c(C)nn(C)c2=O)sc1C(=O)NCCOCC(F)(F)F. The van der Waals surface area contributed by atoms with Crippen molar-refractivity contribution in [2.45, 2.75) is 26.9 Å². The molecule has 0 bridgehead atoms. The van der Waals surface area contributed by atoms with Crippen LogP contribution in [0.2, 0.25) is 0 Å². The largest absolute Gasteiger partial charge is 0.411 e. The summed E-state index contributed by atoms with van der Waals surface area (Å²) in [5.41, 5.74) is 1.84. The molecule has 0 aromatic carbocycles. The zero-order chi connectivity index (χ0) is 20.4. The first-order valence-corrected chi connectivity index (χ1v) is 8.78. The van der Waals surface area contributed by atoms with Crippen LogP contribution in [0.25, 0.3) is 10.6 Å². The molecule has 11 heteroatoms. The van der Waals surface area contributed by atoms with E-state index in [4.69, 9.17) is 0 Å². The molecule has 148 valence electrons. The lowest BCUT2D eigenvalue weighted by atomic mass is 10.1. The van der Waals surface area contributed by atoms with Gasteiger partial charge in [0.15, 0.2) is 0 Å². The highest BCUT2D eigenvalue weighted by Gasteiger charge is 2.27. The zero-order valence-corrected chi connectivity index (χ0v) is 16.0. The van der Waals surface area contributed by atoms with Crippen LogP contribution in [0.3, 0.4) is 0 Å².